The fourth-order valence-corrected chi connectivity index (χ4v) is 1.99. The number of quaternary nitrogens is 1. The van der Waals surface area contributed by atoms with Gasteiger partial charge in [0.25, 0.3) is 0 Å². The normalized spacial score (nSPS) is 16.9. The monoisotopic (exact) mass is 254 g/mol. The standard InChI is InChI=1S/C12H19N3OS/c1-15(2)10(11-4-3-7-16-11)8-13-12(17)14-9-5-6-9/h3-4,7,9-10H,5-6,8H2,1-2H3,(H2,13,14,17)/p+1/t10-/m0/s1. The van der Waals surface area contributed by atoms with Crippen molar-refractivity contribution in [3.05, 3.63) is 24.2 Å². The quantitative estimate of drug-likeness (QED) is 0.652. The first-order chi connectivity index (χ1) is 8.16. The number of thiocarbonyl (C=S) groups is 1. The second kappa shape index (κ2) is 5.51. The molecule has 4 nitrogen and oxygen atoms in total. The first kappa shape index (κ1) is 12.4. The van der Waals surface area contributed by atoms with Crippen LogP contribution in [0.4, 0.5) is 0 Å². The number of nitrogens with one attached hydrogen (secondary N) is 3. The van der Waals surface area contributed by atoms with Gasteiger partial charge in [-0.25, -0.2) is 0 Å². The van der Waals surface area contributed by atoms with Crippen molar-refractivity contribution in [2.24, 2.45) is 0 Å². The third kappa shape index (κ3) is 3.71. The zero-order valence-corrected chi connectivity index (χ0v) is 11.1. The van der Waals surface area contributed by atoms with Gasteiger partial charge >= 0.3 is 0 Å². The second-order valence-electron chi connectivity index (χ2n) is 4.77. The molecule has 0 amide bonds. The molecule has 0 aromatic carbocycles. The maximum atomic E-state index is 5.46. The number of furan rings is 1. The van der Waals surface area contributed by atoms with Gasteiger partial charge in [-0.15, -0.1) is 0 Å². The highest BCUT2D eigenvalue weighted by atomic mass is 32.1. The molecular weight excluding hydrogens is 234 g/mol. The molecule has 0 bridgehead atoms. The molecule has 0 radical (unpaired) electrons. The SMILES string of the molecule is C[NH+](C)[C@@H](CNC(=S)NC1CC1)c1ccco1. The zero-order chi connectivity index (χ0) is 12.3. The van der Waals surface area contributed by atoms with E-state index in [9.17, 15) is 0 Å². The van der Waals surface area contributed by atoms with Crippen LogP contribution in [0.3, 0.4) is 0 Å². The lowest BCUT2D eigenvalue weighted by molar-refractivity contribution is -0.891. The largest absolute Gasteiger partial charge is 0.463 e. The zero-order valence-electron chi connectivity index (χ0n) is 10.3. The van der Waals surface area contributed by atoms with E-state index in [1.54, 1.807) is 6.26 Å². The lowest BCUT2D eigenvalue weighted by Crippen LogP contribution is -3.07. The highest BCUT2D eigenvalue weighted by Crippen LogP contribution is 2.18. The summed E-state index contributed by atoms with van der Waals surface area (Å²) in [4.78, 5) is 1.32. The van der Waals surface area contributed by atoms with Gasteiger partial charge in [0.05, 0.1) is 26.9 Å². The van der Waals surface area contributed by atoms with Crippen LogP contribution in [0.15, 0.2) is 22.8 Å². The van der Waals surface area contributed by atoms with E-state index in [1.807, 2.05) is 12.1 Å². The van der Waals surface area contributed by atoms with Gasteiger partial charge in [-0.1, -0.05) is 0 Å². The van der Waals surface area contributed by atoms with Gasteiger partial charge in [-0.05, 0) is 37.2 Å². The highest BCUT2D eigenvalue weighted by Gasteiger charge is 2.24. The fraction of sp³-hybridized carbons (Fsp3) is 0.583. The number of hydrogen-bond donors (Lipinski definition) is 3. The molecule has 1 aliphatic rings. The molecule has 3 N–H and O–H groups in total. The Kier molecular flexibility index (Phi) is 4.02. The van der Waals surface area contributed by atoms with Crippen molar-refractivity contribution in [3.8, 4) is 0 Å². The molecule has 0 unspecified atom stereocenters. The third-order valence-corrected chi connectivity index (χ3v) is 3.23. The minimum Gasteiger partial charge on any atom is -0.463 e. The Labute approximate surface area is 107 Å². The maximum absolute atomic E-state index is 5.46. The van der Waals surface area contributed by atoms with Crippen molar-refractivity contribution in [1.82, 2.24) is 10.6 Å². The predicted molar refractivity (Wildman–Crippen MR) is 71.0 cm³/mol. The average Bonchev–Trinajstić information content (AvgIpc) is 2.92. The predicted octanol–water partition coefficient (Wildman–Crippen LogP) is 0.0917. The molecule has 2 rings (SSSR count). The van der Waals surface area contributed by atoms with Crippen LogP contribution in [-0.4, -0.2) is 31.8 Å². The molecule has 0 saturated heterocycles. The summed E-state index contributed by atoms with van der Waals surface area (Å²) >= 11 is 5.24. The molecular formula is C12H20N3OS+. The fourth-order valence-electron chi connectivity index (χ4n) is 1.74. The lowest BCUT2D eigenvalue weighted by Gasteiger charge is -2.20. The maximum Gasteiger partial charge on any atom is 0.166 e. The van der Waals surface area contributed by atoms with Gasteiger partial charge in [0.1, 0.15) is 0 Å². The summed E-state index contributed by atoms with van der Waals surface area (Å²) < 4.78 is 5.46. The van der Waals surface area contributed by atoms with Gasteiger partial charge in [0.15, 0.2) is 16.9 Å². The molecule has 1 aliphatic carbocycles. The molecule has 0 aliphatic heterocycles. The van der Waals surface area contributed by atoms with Crippen LogP contribution in [-0.2, 0) is 0 Å². The summed E-state index contributed by atoms with van der Waals surface area (Å²) in [6.45, 7) is 0.786. The van der Waals surface area contributed by atoms with Crippen molar-refractivity contribution in [3.63, 3.8) is 0 Å². The summed E-state index contributed by atoms with van der Waals surface area (Å²) in [6.07, 6.45) is 4.19. The van der Waals surface area contributed by atoms with Gasteiger partial charge in [-0.2, -0.15) is 0 Å². The molecule has 1 saturated carbocycles. The molecule has 1 fully saturated rings. The molecule has 1 heterocycles. The van der Waals surface area contributed by atoms with Crippen LogP contribution in [0, 0.1) is 0 Å². The van der Waals surface area contributed by atoms with E-state index in [2.05, 4.69) is 24.7 Å². The molecule has 17 heavy (non-hydrogen) atoms. The van der Waals surface area contributed by atoms with E-state index in [4.69, 9.17) is 16.6 Å². The number of likely N-dealkylation sites (N-methyl/N-ethyl adjacent to an activating group) is 1. The summed E-state index contributed by atoms with van der Waals surface area (Å²) in [7, 11) is 4.23. The van der Waals surface area contributed by atoms with E-state index in [1.165, 1.54) is 17.7 Å². The van der Waals surface area contributed by atoms with Crippen molar-refractivity contribution in [1.29, 1.82) is 0 Å². The van der Waals surface area contributed by atoms with E-state index >= 15 is 0 Å². The summed E-state index contributed by atoms with van der Waals surface area (Å²) in [5.74, 6) is 0.992. The van der Waals surface area contributed by atoms with Gasteiger partial charge in [0, 0.05) is 6.04 Å². The summed E-state index contributed by atoms with van der Waals surface area (Å²) in [5, 5.41) is 7.29. The summed E-state index contributed by atoms with van der Waals surface area (Å²) in [5.41, 5.74) is 0. The van der Waals surface area contributed by atoms with Gasteiger partial charge in [-0.3, -0.25) is 0 Å². The Hall–Kier alpha value is -1.07. The third-order valence-electron chi connectivity index (χ3n) is 2.96. The topological polar surface area (TPSA) is 41.6 Å². The number of rotatable bonds is 5. The van der Waals surface area contributed by atoms with Crippen molar-refractivity contribution < 1.29 is 9.32 Å². The van der Waals surface area contributed by atoms with E-state index in [0.29, 0.717) is 6.04 Å². The second-order valence-corrected chi connectivity index (χ2v) is 5.18. The molecule has 94 valence electrons. The molecule has 1 aromatic rings. The Bertz CT molecular complexity index is 360. The minimum absolute atomic E-state index is 0.281. The molecule has 1 aromatic heterocycles. The highest BCUT2D eigenvalue weighted by molar-refractivity contribution is 7.80. The van der Waals surface area contributed by atoms with Crippen LogP contribution in [0.2, 0.25) is 0 Å². The Balaban J connectivity index is 1.83. The van der Waals surface area contributed by atoms with Crippen LogP contribution in [0.5, 0.6) is 0 Å². The Morgan fingerprint density at radius 3 is 2.88 bits per heavy atom. The first-order valence-electron chi connectivity index (χ1n) is 6.04. The minimum atomic E-state index is 0.281. The van der Waals surface area contributed by atoms with E-state index < -0.39 is 0 Å². The first-order valence-corrected chi connectivity index (χ1v) is 6.45. The van der Waals surface area contributed by atoms with Crippen molar-refractivity contribution in [2.75, 3.05) is 20.6 Å². The van der Waals surface area contributed by atoms with Gasteiger partial charge in [0.2, 0.25) is 0 Å². The van der Waals surface area contributed by atoms with Crippen molar-refractivity contribution >= 4 is 17.3 Å². The molecule has 5 heteroatoms. The molecule has 1 atom stereocenters. The van der Waals surface area contributed by atoms with Crippen LogP contribution < -0.4 is 15.5 Å². The smallest absolute Gasteiger partial charge is 0.166 e. The van der Waals surface area contributed by atoms with E-state index in [0.717, 1.165) is 17.4 Å². The lowest BCUT2D eigenvalue weighted by atomic mass is 10.2. The Morgan fingerprint density at radius 1 is 1.59 bits per heavy atom. The number of hydrogen-bond acceptors (Lipinski definition) is 2. The molecule has 0 spiro atoms. The van der Waals surface area contributed by atoms with Gasteiger partial charge < -0.3 is 20.0 Å². The van der Waals surface area contributed by atoms with E-state index in [-0.39, 0.29) is 6.04 Å². The van der Waals surface area contributed by atoms with Crippen LogP contribution in [0.25, 0.3) is 0 Å². The Morgan fingerprint density at radius 2 is 2.35 bits per heavy atom. The van der Waals surface area contributed by atoms with Crippen LogP contribution >= 0.6 is 12.2 Å². The average molecular weight is 254 g/mol. The van der Waals surface area contributed by atoms with Crippen LogP contribution in [0.1, 0.15) is 24.6 Å². The van der Waals surface area contributed by atoms with Crippen molar-refractivity contribution in [2.45, 2.75) is 24.9 Å². The summed E-state index contributed by atoms with van der Waals surface area (Å²) in [6, 6.07) is 4.82.